The molecular formula is C24H21FN4O3S. The number of benzene rings is 2. The number of rotatable bonds is 7. The molecule has 168 valence electrons. The fourth-order valence-electron chi connectivity index (χ4n) is 4.07. The zero-order chi connectivity index (χ0) is 23.0. The maximum Gasteiger partial charge on any atom is 0.241 e. The fraction of sp³-hybridized carbons (Fsp3) is 0.125. The highest BCUT2D eigenvalue weighted by Gasteiger charge is 2.23. The van der Waals surface area contributed by atoms with Crippen molar-refractivity contribution in [1.82, 2.24) is 19.7 Å². The first kappa shape index (κ1) is 21.3. The first-order valence-electron chi connectivity index (χ1n) is 10.4. The second kappa shape index (κ2) is 8.43. The van der Waals surface area contributed by atoms with Gasteiger partial charge >= 0.3 is 0 Å². The zero-order valence-electron chi connectivity index (χ0n) is 17.4. The van der Waals surface area contributed by atoms with Crippen molar-refractivity contribution in [2.45, 2.75) is 17.4 Å². The Balaban J connectivity index is 1.41. The molecule has 0 bridgehead atoms. The van der Waals surface area contributed by atoms with E-state index in [1.807, 2.05) is 24.3 Å². The van der Waals surface area contributed by atoms with Gasteiger partial charge in [-0.2, -0.15) is 0 Å². The van der Waals surface area contributed by atoms with Gasteiger partial charge in [0.05, 0.1) is 11.5 Å². The molecule has 0 aliphatic heterocycles. The first-order valence-corrected chi connectivity index (χ1v) is 11.8. The Hall–Kier alpha value is -3.53. The number of nitrogens with one attached hydrogen (secondary N) is 3. The topological polar surface area (TPSA) is 111 Å². The number of fused-ring (bicyclic) bond motifs is 2. The average Bonchev–Trinajstić information content (AvgIpc) is 3.46. The Morgan fingerprint density at radius 1 is 1.03 bits per heavy atom. The lowest BCUT2D eigenvalue weighted by Gasteiger charge is -2.17. The summed E-state index contributed by atoms with van der Waals surface area (Å²) in [7, 11) is -4.06. The van der Waals surface area contributed by atoms with E-state index in [4.69, 9.17) is 0 Å². The number of nitrogens with zero attached hydrogens (tertiary/aromatic N) is 1. The SMILES string of the molecule is O=S(=O)(N[C@@H](CO)Cc1c[nH]c2ccccc12)c1ccc(-c2ccnc3[nH]ccc23)c(F)c1. The second-order valence-electron chi connectivity index (χ2n) is 7.80. The van der Waals surface area contributed by atoms with E-state index in [1.54, 1.807) is 30.7 Å². The summed E-state index contributed by atoms with van der Waals surface area (Å²) < 4.78 is 43.4. The molecule has 0 amide bonds. The Labute approximate surface area is 189 Å². The molecule has 4 N–H and O–H groups in total. The van der Waals surface area contributed by atoms with Crippen LogP contribution in [0.2, 0.25) is 0 Å². The third-order valence-electron chi connectivity index (χ3n) is 5.68. The second-order valence-corrected chi connectivity index (χ2v) is 9.52. The van der Waals surface area contributed by atoms with Crippen LogP contribution in [0.15, 0.2) is 78.1 Å². The van der Waals surface area contributed by atoms with E-state index in [9.17, 15) is 13.5 Å². The van der Waals surface area contributed by atoms with Crippen LogP contribution in [-0.2, 0) is 16.4 Å². The van der Waals surface area contributed by atoms with Crippen molar-refractivity contribution in [3.63, 3.8) is 0 Å². The normalized spacial score (nSPS) is 13.0. The Kier molecular flexibility index (Phi) is 5.45. The molecule has 1 atom stereocenters. The van der Waals surface area contributed by atoms with Crippen molar-refractivity contribution in [1.29, 1.82) is 0 Å². The van der Waals surface area contributed by atoms with Gasteiger partial charge in [-0.05, 0) is 47.9 Å². The molecule has 0 spiro atoms. The van der Waals surface area contributed by atoms with E-state index in [0.717, 1.165) is 27.9 Å². The number of H-pyrrole nitrogens is 2. The van der Waals surface area contributed by atoms with Crippen molar-refractivity contribution in [2.24, 2.45) is 0 Å². The van der Waals surface area contributed by atoms with E-state index in [1.165, 1.54) is 12.1 Å². The van der Waals surface area contributed by atoms with Crippen molar-refractivity contribution in [3.05, 3.63) is 84.6 Å². The van der Waals surface area contributed by atoms with Crippen LogP contribution < -0.4 is 4.72 Å². The number of hydrogen-bond acceptors (Lipinski definition) is 4. The first-order chi connectivity index (χ1) is 16.0. The Morgan fingerprint density at radius 2 is 1.88 bits per heavy atom. The summed E-state index contributed by atoms with van der Waals surface area (Å²) in [5.74, 6) is -0.663. The summed E-state index contributed by atoms with van der Waals surface area (Å²) in [4.78, 5) is 10.1. The van der Waals surface area contributed by atoms with Crippen molar-refractivity contribution in [3.8, 4) is 11.1 Å². The lowest BCUT2D eigenvalue weighted by atomic mass is 10.0. The molecule has 3 heterocycles. The van der Waals surface area contributed by atoms with Crippen molar-refractivity contribution < 1.29 is 17.9 Å². The van der Waals surface area contributed by atoms with Crippen LogP contribution in [0.25, 0.3) is 33.1 Å². The standard InChI is InChI=1S/C24H21FN4O3S/c25-22-12-17(5-6-20(22)19-7-9-26-24-21(19)8-10-27-24)33(31,32)29-16(14-30)11-15-13-28-23-4-2-1-3-18(15)23/h1-10,12-13,16,28-30H,11,14H2,(H,26,27)/t16-/m1/s1. The summed E-state index contributed by atoms with van der Waals surface area (Å²) in [6, 6.07) is 14.2. The number of hydrogen-bond donors (Lipinski definition) is 4. The van der Waals surface area contributed by atoms with Gasteiger partial charge < -0.3 is 15.1 Å². The minimum Gasteiger partial charge on any atom is -0.395 e. The highest BCUT2D eigenvalue weighted by atomic mass is 32.2. The predicted molar refractivity (Wildman–Crippen MR) is 125 cm³/mol. The van der Waals surface area contributed by atoms with E-state index in [2.05, 4.69) is 19.7 Å². The molecule has 0 radical (unpaired) electrons. The minimum absolute atomic E-state index is 0.208. The zero-order valence-corrected chi connectivity index (χ0v) is 18.2. The van der Waals surface area contributed by atoms with Crippen LogP contribution in [0.5, 0.6) is 0 Å². The molecule has 0 aliphatic rings. The van der Waals surface area contributed by atoms with Crippen LogP contribution in [0.1, 0.15) is 5.56 Å². The lowest BCUT2D eigenvalue weighted by molar-refractivity contribution is 0.256. The van der Waals surface area contributed by atoms with Gasteiger partial charge in [0.2, 0.25) is 10.0 Å². The molecule has 5 rings (SSSR count). The largest absolute Gasteiger partial charge is 0.395 e. The van der Waals surface area contributed by atoms with Gasteiger partial charge in [-0.25, -0.2) is 22.5 Å². The number of aromatic amines is 2. The smallest absolute Gasteiger partial charge is 0.241 e. The maximum absolute atomic E-state index is 15.0. The fourth-order valence-corrected chi connectivity index (χ4v) is 5.31. The third kappa shape index (κ3) is 4.02. The highest BCUT2D eigenvalue weighted by molar-refractivity contribution is 7.89. The van der Waals surface area contributed by atoms with E-state index in [0.29, 0.717) is 11.2 Å². The van der Waals surface area contributed by atoms with Crippen molar-refractivity contribution in [2.75, 3.05) is 6.61 Å². The molecule has 0 fully saturated rings. The number of halogens is 1. The van der Waals surface area contributed by atoms with Gasteiger partial charge in [0, 0.05) is 46.5 Å². The number of sulfonamides is 1. The van der Waals surface area contributed by atoms with Crippen LogP contribution in [0.4, 0.5) is 4.39 Å². The summed E-state index contributed by atoms with van der Waals surface area (Å²) >= 11 is 0. The van der Waals surface area contributed by atoms with E-state index < -0.39 is 28.5 Å². The van der Waals surface area contributed by atoms with E-state index in [-0.39, 0.29) is 16.9 Å². The number of aromatic nitrogens is 3. The maximum atomic E-state index is 15.0. The van der Waals surface area contributed by atoms with Gasteiger partial charge in [0.15, 0.2) is 0 Å². The molecule has 0 unspecified atom stereocenters. The molecule has 2 aromatic carbocycles. The highest BCUT2D eigenvalue weighted by Crippen LogP contribution is 2.30. The molecule has 0 aliphatic carbocycles. The van der Waals surface area contributed by atoms with Crippen LogP contribution >= 0.6 is 0 Å². The number of aliphatic hydroxyl groups excluding tert-OH is 1. The molecule has 3 aromatic heterocycles. The summed E-state index contributed by atoms with van der Waals surface area (Å²) in [5, 5.41) is 11.5. The molecule has 0 saturated carbocycles. The molecule has 9 heteroatoms. The number of para-hydroxylation sites is 1. The third-order valence-corrected chi connectivity index (χ3v) is 7.20. The quantitative estimate of drug-likeness (QED) is 0.294. The van der Waals surface area contributed by atoms with Gasteiger partial charge in [-0.1, -0.05) is 24.3 Å². The van der Waals surface area contributed by atoms with Gasteiger partial charge in [0.25, 0.3) is 0 Å². The lowest BCUT2D eigenvalue weighted by Crippen LogP contribution is -2.39. The van der Waals surface area contributed by atoms with Crippen LogP contribution in [-0.4, -0.2) is 41.1 Å². The van der Waals surface area contributed by atoms with Crippen LogP contribution in [0, 0.1) is 5.82 Å². The van der Waals surface area contributed by atoms with Gasteiger partial charge in [-0.15, -0.1) is 0 Å². The average molecular weight is 465 g/mol. The predicted octanol–water partition coefficient (Wildman–Crippen LogP) is 3.73. The number of pyridine rings is 1. The minimum atomic E-state index is -4.06. The summed E-state index contributed by atoms with van der Waals surface area (Å²) in [5.41, 5.74) is 3.31. The molecular weight excluding hydrogens is 443 g/mol. The Morgan fingerprint density at radius 3 is 2.70 bits per heavy atom. The Bertz CT molecular complexity index is 1560. The molecule has 0 saturated heterocycles. The molecule has 5 aromatic rings. The van der Waals surface area contributed by atoms with Gasteiger partial charge in [-0.3, -0.25) is 0 Å². The summed E-state index contributed by atoms with van der Waals surface area (Å²) in [6.45, 7) is -0.401. The molecule has 33 heavy (non-hydrogen) atoms. The van der Waals surface area contributed by atoms with E-state index >= 15 is 4.39 Å². The number of aliphatic hydroxyl groups is 1. The monoisotopic (exact) mass is 464 g/mol. The van der Waals surface area contributed by atoms with Crippen LogP contribution in [0.3, 0.4) is 0 Å². The van der Waals surface area contributed by atoms with Gasteiger partial charge in [0.1, 0.15) is 11.5 Å². The summed E-state index contributed by atoms with van der Waals surface area (Å²) in [6.07, 6.45) is 5.36. The van der Waals surface area contributed by atoms with Crippen molar-refractivity contribution >= 4 is 32.0 Å². The molecule has 7 nitrogen and oxygen atoms in total.